The van der Waals surface area contributed by atoms with E-state index in [1.54, 1.807) is 12.1 Å². The van der Waals surface area contributed by atoms with Crippen LogP contribution in [0.25, 0.3) is 0 Å². The molecule has 0 atom stereocenters. The Kier molecular flexibility index (Phi) is 4.22. The zero-order chi connectivity index (χ0) is 8.10. The predicted octanol–water partition coefficient (Wildman–Crippen LogP) is 0.406. The highest BCUT2D eigenvalue weighted by Gasteiger charge is 2.12. The molecule has 0 unspecified atom stereocenters. The molecule has 4 heteroatoms. The van der Waals surface area contributed by atoms with E-state index in [1.165, 1.54) is 26.2 Å². The zero-order valence-electron chi connectivity index (χ0n) is 7.34. The van der Waals surface area contributed by atoms with E-state index in [2.05, 4.69) is 27.9 Å². The Bertz CT molecular complexity index is 99.1. The van der Waals surface area contributed by atoms with Crippen LogP contribution in [-0.4, -0.2) is 49.0 Å². The summed E-state index contributed by atoms with van der Waals surface area (Å²) in [6, 6.07) is 0. The monoisotopic (exact) mass is 175 g/mol. The van der Waals surface area contributed by atoms with Crippen molar-refractivity contribution in [3.63, 3.8) is 0 Å². The summed E-state index contributed by atoms with van der Waals surface area (Å²) in [5, 5.41) is 0. The molecule has 0 aromatic rings. The molecule has 0 aliphatic carbocycles. The molecular formula is C7H17N3S. The van der Waals surface area contributed by atoms with Crippen molar-refractivity contribution in [3.05, 3.63) is 0 Å². The lowest BCUT2D eigenvalue weighted by Crippen LogP contribution is -2.42. The molecule has 1 saturated heterocycles. The van der Waals surface area contributed by atoms with E-state index in [-0.39, 0.29) is 0 Å². The van der Waals surface area contributed by atoms with Crippen molar-refractivity contribution in [1.29, 1.82) is 0 Å². The van der Waals surface area contributed by atoms with Crippen molar-refractivity contribution in [2.45, 2.75) is 6.92 Å². The Morgan fingerprint density at radius 2 is 1.91 bits per heavy atom. The Balaban J connectivity index is 2.07. The molecule has 3 nitrogen and oxygen atoms in total. The smallest absolute Gasteiger partial charge is 0.0230 e. The summed E-state index contributed by atoms with van der Waals surface area (Å²) in [6.07, 6.45) is 0. The topological polar surface area (TPSA) is 18.5 Å². The van der Waals surface area contributed by atoms with Crippen LogP contribution in [0.3, 0.4) is 0 Å². The molecule has 0 aromatic carbocycles. The Labute approximate surface area is 73.4 Å². The minimum Gasteiger partial charge on any atom is -0.304 e. The van der Waals surface area contributed by atoms with Crippen molar-refractivity contribution in [2.24, 2.45) is 0 Å². The summed E-state index contributed by atoms with van der Waals surface area (Å²) in [7, 11) is 2.18. The first-order valence-corrected chi connectivity index (χ1v) is 4.93. The fourth-order valence-electron chi connectivity index (χ4n) is 1.04. The van der Waals surface area contributed by atoms with Gasteiger partial charge in [-0.1, -0.05) is 6.92 Å². The normalized spacial score (nSPS) is 22.4. The van der Waals surface area contributed by atoms with Gasteiger partial charge in [0.05, 0.1) is 0 Å². The molecule has 1 fully saturated rings. The van der Waals surface area contributed by atoms with Crippen LogP contribution in [0, 0.1) is 0 Å². The van der Waals surface area contributed by atoms with Crippen molar-refractivity contribution in [3.8, 4) is 0 Å². The number of piperazine rings is 1. The molecule has 1 N–H and O–H groups in total. The van der Waals surface area contributed by atoms with Gasteiger partial charge in [0.1, 0.15) is 0 Å². The molecule has 66 valence electrons. The van der Waals surface area contributed by atoms with Crippen molar-refractivity contribution in [1.82, 2.24) is 13.9 Å². The maximum absolute atomic E-state index is 3.26. The lowest BCUT2D eigenvalue weighted by atomic mass is 10.4. The molecule has 0 amide bonds. The van der Waals surface area contributed by atoms with Crippen LogP contribution >= 0.6 is 12.1 Å². The molecule has 0 saturated carbocycles. The van der Waals surface area contributed by atoms with Gasteiger partial charge in [0.15, 0.2) is 0 Å². The number of likely N-dealkylation sites (N-methyl/N-ethyl adjacent to an activating group) is 1. The standard InChI is InChI=1S/C7H17N3S/c1-3-8-11-10-6-4-9(2)5-7-10/h8H,3-7H2,1-2H3. The molecule has 0 bridgehead atoms. The van der Waals surface area contributed by atoms with Gasteiger partial charge in [0.25, 0.3) is 0 Å². The summed E-state index contributed by atoms with van der Waals surface area (Å²) in [4.78, 5) is 2.36. The Morgan fingerprint density at radius 3 is 2.45 bits per heavy atom. The summed E-state index contributed by atoms with van der Waals surface area (Å²) in [5.74, 6) is 0. The maximum atomic E-state index is 3.26. The number of nitrogens with zero attached hydrogens (tertiary/aromatic N) is 2. The molecule has 0 aromatic heterocycles. The first kappa shape index (κ1) is 9.32. The first-order valence-electron chi connectivity index (χ1n) is 4.16. The summed E-state index contributed by atoms with van der Waals surface area (Å²) >= 11 is 1.76. The van der Waals surface area contributed by atoms with E-state index in [9.17, 15) is 0 Å². The molecule has 1 aliphatic heterocycles. The molecule has 1 rings (SSSR count). The molecular weight excluding hydrogens is 158 g/mol. The molecule has 0 spiro atoms. The third-order valence-corrected chi connectivity index (χ3v) is 2.84. The quantitative estimate of drug-likeness (QED) is 0.626. The largest absolute Gasteiger partial charge is 0.304 e. The van der Waals surface area contributed by atoms with Crippen molar-refractivity contribution < 1.29 is 0 Å². The third-order valence-electron chi connectivity index (χ3n) is 1.80. The fraction of sp³-hybridized carbons (Fsp3) is 1.00. The predicted molar refractivity (Wildman–Crippen MR) is 50.3 cm³/mol. The first-order chi connectivity index (χ1) is 5.33. The third kappa shape index (κ3) is 3.42. The second-order valence-electron chi connectivity index (χ2n) is 2.82. The SMILES string of the molecule is CCNSN1CCN(C)CC1. The molecule has 1 aliphatic rings. The molecule has 0 radical (unpaired) electrons. The van der Waals surface area contributed by atoms with Crippen LogP contribution in [0.2, 0.25) is 0 Å². The van der Waals surface area contributed by atoms with Gasteiger partial charge in [0.2, 0.25) is 0 Å². The van der Waals surface area contributed by atoms with E-state index in [4.69, 9.17) is 0 Å². The number of hydrogen-bond acceptors (Lipinski definition) is 4. The minimum absolute atomic E-state index is 1.04. The summed E-state index contributed by atoms with van der Waals surface area (Å²) in [5.41, 5.74) is 0. The number of hydrogen-bond donors (Lipinski definition) is 1. The van der Waals surface area contributed by atoms with E-state index in [0.29, 0.717) is 0 Å². The van der Waals surface area contributed by atoms with Crippen LogP contribution in [0.5, 0.6) is 0 Å². The second kappa shape index (κ2) is 4.98. The van der Waals surface area contributed by atoms with Gasteiger partial charge in [0, 0.05) is 44.9 Å². The average molecular weight is 175 g/mol. The van der Waals surface area contributed by atoms with Crippen LogP contribution < -0.4 is 4.72 Å². The van der Waals surface area contributed by atoms with E-state index < -0.39 is 0 Å². The number of nitrogens with one attached hydrogen (secondary N) is 1. The highest BCUT2D eigenvalue weighted by Crippen LogP contribution is 2.08. The highest BCUT2D eigenvalue weighted by molar-refractivity contribution is 7.95. The van der Waals surface area contributed by atoms with Gasteiger partial charge in [-0.2, -0.15) is 0 Å². The van der Waals surface area contributed by atoms with Crippen LogP contribution in [0.15, 0.2) is 0 Å². The lowest BCUT2D eigenvalue weighted by molar-refractivity contribution is 0.233. The second-order valence-corrected chi connectivity index (χ2v) is 3.81. The van der Waals surface area contributed by atoms with Gasteiger partial charge in [-0.25, -0.2) is 4.31 Å². The van der Waals surface area contributed by atoms with Gasteiger partial charge in [-0.05, 0) is 7.05 Å². The average Bonchev–Trinajstić information content (AvgIpc) is 2.04. The van der Waals surface area contributed by atoms with E-state index in [0.717, 1.165) is 6.54 Å². The van der Waals surface area contributed by atoms with Crippen molar-refractivity contribution in [2.75, 3.05) is 39.8 Å². The van der Waals surface area contributed by atoms with E-state index >= 15 is 0 Å². The fourth-order valence-corrected chi connectivity index (χ4v) is 1.69. The van der Waals surface area contributed by atoms with Crippen LogP contribution in [0.1, 0.15) is 6.92 Å². The lowest BCUT2D eigenvalue weighted by Gasteiger charge is -2.30. The maximum Gasteiger partial charge on any atom is 0.0230 e. The van der Waals surface area contributed by atoms with Gasteiger partial charge < -0.3 is 4.90 Å². The number of rotatable bonds is 3. The van der Waals surface area contributed by atoms with Crippen LogP contribution in [-0.2, 0) is 0 Å². The zero-order valence-corrected chi connectivity index (χ0v) is 8.15. The minimum atomic E-state index is 1.04. The molecule has 11 heavy (non-hydrogen) atoms. The van der Waals surface area contributed by atoms with E-state index in [1.807, 2.05) is 0 Å². The Hall–Kier alpha value is 0.230. The summed E-state index contributed by atoms with van der Waals surface area (Å²) in [6.45, 7) is 7.90. The van der Waals surface area contributed by atoms with Crippen molar-refractivity contribution >= 4 is 12.1 Å². The van der Waals surface area contributed by atoms with Gasteiger partial charge >= 0.3 is 0 Å². The summed E-state index contributed by atoms with van der Waals surface area (Å²) < 4.78 is 5.64. The van der Waals surface area contributed by atoms with Gasteiger partial charge in [-0.15, -0.1) is 0 Å². The highest BCUT2D eigenvalue weighted by atomic mass is 32.2. The van der Waals surface area contributed by atoms with Crippen LogP contribution in [0.4, 0.5) is 0 Å². The Morgan fingerprint density at radius 1 is 1.27 bits per heavy atom. The van der Waals surface area contributed by atoms with Gasteiger partial charge in [-0.3, -0.25) is 4.72 Å². The molecule has 1 heterocycles.